The number of hydrogen-bond donors (Lipinski definition) is 0. The Kier molecular flexibility index (Phi) is 5.31. The number of para-hydroxylation sites is 1. The van der Waals surface area contributed by atoms with E-state index >= 15 is 0 Å². The first-order valence-corrected chi connectivity index (χ1v) is 8.20. The Morgan fingerprint density at radius 1 is 1.11 bits per heavy atom. The van der Waals surface area contributed by atoms with Crippen LogP contribution in [-0.4, -0.2) is 7.05 Å². The van der Waals surface area contributed by atoms with Gasteiger partial charge >= 0.3 is 0 Å². The van der Waals surface area contributed by atoms with Gasteiger partial charge in [0.05, 0.1) is 10.7 Å². The second-order valence-electron chi connectivity index (χ2n) is 4.36. The van der Waals surface area contributed by atoms with Gasteiger partial charge in [-0.1, -0.05) is 67.7 Å². The van der Waals surface area contributed by atoms with E-state index in [1.165, 1.54) is 11.1 Å². The largest absolute Gasteiger partial charge is 0.369 e. The molecule has 0 bridgehead atoms. The van der Waals surface area contributed by atoms with Crippen LogP contribution in [0, 0.1) is 0 Å². The average Bonchev–Trinajstić information content (AvgIpc) is 2.40. The van der Waals surface area contributed by atoms with E-state index < -0.39 is 0 Å². The third kappa shape index (κ3) is 3.74. The van der Waals surface area contributed by atoms with Crippen LogP contribution in [0.15, 0.2) is 46.9 Å². The van der Waals surface area contributed by atoms with Gasteiger partial charge < -0.3 is 4.90 Å². The summed E-state index contributed by atoms with van der Waals surface area (Å²) in [5.41, 5.74) is 3.54. The molecule has 0 aliphatic heterocycles. The molecule has 0 unspecified atom stereocenters. The summed E-state index contributed by atoms with van der Waals surface area (Å²) in [6.07, 6.45) is 0. The van der Waals surface area contributed by atoms with Crippen molar-refractivity contribution in [1.29, 1.82) is 0 Å². The van der Waals surface area contributed by atoms with Crippen molar-refractivity contribution in [3.8, 4) is 0 Å². The van der Waals surface area contributed by atoms with Gasteiger partial charge in [0.1, 0.15) is 0 Å². The van der Waals surface area contributed by atoms with Crippen molar-refractivity contribution in [2.75, 3.05) is 11.9 Å². The van der Waals surface area contributed by atoms with Crippen LogP contribution in [0.1, 0.15) is 11.1 Å². The van der Waals surface area contributed by atoms with Crippen LogP contribution in [0.4, 0.5) is 5.69 Å². The molecule has 0 aromatic heterocycles. The molecule has 0 saturated heterocycles. The molecule has 0 heterocycles. The molecule has 0 aliphatic carbocycles. The molecule has 0 radical (unpaired) electrons. The minimum atomic E-state index is 0.788. The SMILES string of the molecule is CN(Cc1ccc(Br)cc1)c1c(Cl)cccc1CBr. The molecule has 2 rings (SSSR count). The Labute approximate surface area is 135 Å². The van der Waals surface area contributed by atoms with Crippen molar-refractivity contribution in [2.45, 2.75) is 11.9 Å². The molecule has 2 aromatic rings. The van der Waals surface area contributed by atoms with Crippen molar-refractivity contribution >= 4 is 49.1 Å². The highest BCUT2D eigenvalue weighted by Gasteiger charge is 2.11. The zero-order valence-electron chi connectivity index (χ0n) is 10.5. The lowest BCUT2D eigenvalue weighted by molar-refractivity contribution is 0.916. The van der Waals surface area contributed by atoms with Crippen LogP contribution in [0.3, 0.4) is 0 Å². The van der Waals surface area contributed by atoms with Crippen LogP contribution in [0.2, 0.25) is 5.02 Å². The van der Waals surface area contributed by atoms with Crippen molar-refractivity contribution in [1.82, 2.24) is 0 Å². The van der Waals surface area contributed by atoms with Crippen molar-refractivity contribution in [3.63, 3.8) is 0 Å². The van der Waals surface area contributed by atoms with E-state index in [9.17, 15) is 0 Å². The highest BCUT2D eigenvalue weighted by molar-refractivity contribution is 9.10. The molecule has 0 saturated carbocycles. The summed E-state index contributed by atoms with van der Waals surface area (Å²) in [6.45, 7) is 0.830. The van der Waals surface area contributed by atoms with E-state index in [1.807, 2.05) is 12.1 Å². The molecular formula is C15H14Br2ClN. The number of halogens is 3. The van der Waals surface area contributed by atoms with Crippen LogP contribution < -0.4 is 4.90 Å². The molecule has 100 valence electrons. The summed E-state index contributed by atoms with van der Waals surface area (Å²) in [6, 6.07) is 14.4. The second kappa shape index (κ2) is 6.78. The Hall–Kier alpha value is -0.510. The fourth-order valence-corrected chi connectivity index (χ4v) is 3.09. The van der Waals surface area contributed by atoms with Gasteiger partial charge in [-0.25, -0.2) is 0 Å². The van der Waals surface area contributed by atoms with Crippen LogP contribution >= 0.6 is 43.5 Å². The summed E-state index contributed by atoms with van der Waals surface area (Å²) in [4.78, 5) is 2.18. The molecule has 0 amide bonds. The first-order valence-electron chi connectivity index (χ1n) is 5.90. The molecule has 0 spiro atoms. The predicted molar refractivity (Wildman–Crippen MR) is 90.3 cm³/mol. The summed E-state index contributed by atoms with van der Waals surface area (Å²) in [5, 5.41) is 1.59. The first-order chi connectivity index (χ1) is 9.11. The van der Waals surface area contributed by atoms with Crippen molar-refractivity contribution in [2.24, 2.45) is 0 Å². The van der Waals surface area contributed by atoms with E-state index in [0.717, 1.165) is 27.1 Å². The van der Waals surface area contributed by atoms with Gasteiger partial charge in [-0.15, -0.1) is 0 Å². The Morgan fingerprint density at radius 2 is 1.79 bits per heavy atom. The zero-order chi connectivity index (χ0) is 13.8. The minimum Gasteiger partial charge on any atom is -0.369 e. The summed E-state index contributed by atoms with van der Waals surface area (Å²) < 4.78 is 1.10. The lowest BCUT2D eigenvalue weighted by atomic mass is 10.1. The average molecular weight is 404 g/mol. The molecule has 1 nitrogen and oxygen atoms in total. The lowest BCUT2D eigenvalue weighted by Crippen LogP contribution is -2.18. The number of alkyl halides is 1. The molecule has 0 fully saturated rings. The second-order valence-corrected chi connectivity index (χ2v) is 6.25. The molecular weight excluding hydrogens is 389 g/mol. The highest BCUT2D eigenvalue weighted by Crippen LogP contribution is 2.31. The van der Waals surface area contributed by atoms with E-state index in [0.29, 0.717) is 0 Å². The lowest BCUT2D eigenvalue weighted by Gasteiger charge is -2.23. The Morgan fingerprint density at radius 3 is 2.42 bits per heavy atom. The molecule has 19 heavy (non-hydrogen) atoms. The summed E-state index contributed by atoms with van der Waals surface area (Å²) in [7, 11) is 2.06. The van der Waals surface area contributed by atoms with E-state index in [2.05, 4.69) is 74.1 Å². The standard InChI is InChI=1S/C15H14Br2ClN/c1-19(10-11-5-7-13(17)8-6-11)15-12(9-16)3-2-4-14(15)18/h2-8H,9-10H2,1H3. The smallest absolute Gasteiger partial charge is 0.0642 e. The van der Waals surface area contributed by atoms with Gasteiger partial charge in [0.2, 0.25) is 0 Å². The van der Waals surface area contributed by atoms with Crippen LogP contribution in [-0.2, 0) is 11.9 Å². The van der Waals surface area contributed by atoms with Gasteiger partial charge in [-0.2, -0.15) is 0 Å². The van der Waals surface area contributed by atoms with Gasteiger partial charge in [-0.05, 0) is 29.3 Å². The van der Waals surface area contributed by atoms with E-state index in [4.69, 9.17) is 11.6 Å². The van der Waals surface area contributed by atoms with Crippen LogP contribution in [0.25, 0.3) is 0 Å². The number of nitrogens with zero attached hydrogens (tertiary/aromatic N) is 1. The third-order valence-corrected chi connectivity index (χ3v) is 4.37. The molecule has 0 aliphatic rings. The van der Waals surface area contributed by atoms with Gasteiger partial charge in [0, 0.05) is 23.4 Å². The maximum Gasteiger partial charge on any atom is 0.0642 e. The molecule has 4 heteroatoms. The number of rotatable bonds is 4. The van der Waals surface area contributed by atoms with Crippen molar-refractivity contribution in [3.05, 3.63) is 63.1 Å². The predicted octanol–water partition coefficient (Wildman–Crippen LogP) is 5.63. The van der Waals surface area contributed by atoms with Crippen LogP contribution in [0.5, 0.6) is 0 Å². The monoisotopic (exact) mass is 401 g/mol. The number of benzene rings is 2. The van der Waals surface area contributed by atoms with Gasteiger partial charge in [0.25, 0.3) is 0 Å². The summed E-state index contributed by atoms with van der Waals surface area (Å²) >= 11 is 13.3. The van der Waals surface area contributed by atoms with Crippen molar-refractivity contribution < 1.29 is 0 Å². The molecule has 0 N–H and O–H groups in total. The fourth-order valence-electron chi connectivity index (χ4n) is 2.04. The minimum absolute atomic E-state index is 0.788. The Bertz CT molecular complexity index is 555. The maximum atomic E-state index is 6.32. The number of hydrogen-bond acceptors (Lipinski definition) is 1. The van der Waals surface area contributed by atoms with Gasteiger partial charge in [-0.3, -0.25) is 0 Å². The topological polar surface area (TPSA) is 3.24 Å². The van der Waals surface area contributed by atoms with E-state index in [1.54, 1.807) is 0 Å². The normalized spacial score (nSPS) is 10.5. The highest BCUT2D eigenvalue weighted by atomic mass is 79.9. The first kappa shape index (κ1) is 14.9. The molecule has 0 atom stereocenters. The Balaban J connectivity index is 2.24. The quantitative estimate of drug-likeness (QED) is 0.598. The fraction of sp³-hybridized carbons (Fsp3) is 0.200. The molecule has 2 aromatic carbocycles. The maximum absolute atomic E-state index is 6.32. The van der Waals surface area contributed by atoms with Gasteiger partial charge in [0.15, 0.2) is 0 Å². The third-order valence-electron chi connectivity index (χ3n) is 2.93. The summed E-state index contributed by atoms with van der Waals surface area (Å²) in [5.74, 6) is 0. The number of anilines is 1. The zero-order valence-corrected chi connectivity index (χ0v) is 14.5. The van der Waals surface area contributed by atoms with E-state index in [-0.39, 0.29) is 0 Å².